The molecule has 0 radical (unpaired) electrons. The molecular weight excluding hydrogens is 713 g/mol. The summed E-state index contributed by atoms with van der Waals surface area (Å²) in [5.74, 6) is 3.38. The van der Waals surface area contributed by atoms with Gasteiger partial charge in [-0.1, -0.05) is 116 Å². The van der Waals surface area contributed by atoms with Crippen LogP contribution in [0.4, 0.5) is 17.1 Å². The van der Waals surface area contributed by atoms with Crippen LogP contribution in [-0.2, 0) is 10.8 Å². The molecule has 4 bridgehead atoms. The Balaban J connectivity index is 1.01. The Labute approximate surface area is 347 Å². The topological polar surface area (TPSA) is 8.17 Å². The van der Waals surface area contributed by atoms with E-state index < -0.39 is 0 Å². The Kier molecular flexibility index (Phi) is 6.65. The zero-order valence-electron chi connectivity index (χ0n) is 33.6. The third-order valence-electron chi connectivity index (χ3n) is 16.7. The van der Waals surface area contributed by atoms with E-state index in [0.29, 0.717) is 0 Å². The Morgan fingerprint density at radius 2 is 0.949 bits per heavy atom. The van der Waals surface area contributed by atoms with Crippen LogP contribution in [0.1, 0.15) is 80.0 Å². The first kappa shape index (κ1) is 33.0. The summed E-state index contributed by atoms with van der Waals surface area (Å²) in [5.41, 5.74) is 19.7. The van der Waals surface area contributed by atoms with E-state index in [-0.39, 0.29) is 10.8 Å². The highest BCUT2D eigenvalue weighted by atomic mass is 15.1. The van der Waals surface area contributed by atoms with E-state index in [1.807, 2.05) is 0 Å². The largest absolute Gasteiger partial charge is 0.310 e. The maximum absolute atomic E-state index is 2.59. The van der Waals surface area contributed by atoms with Gasteiger partial charge in [-0.3, -0.25) is 0 Å². The van der Waals surface area contributed by atoms with E-state index in [0.717, 1.165) is 23.7 Å². The van der Waals surface area contributed by atoms with E-state index >= 15 is 0 Å². The van der Waals surface area contributed by atoms with Crippen LogP contribution >= 0.6 is 0 Å². The molecule has 1 heterocycles. The normalized spacial score (nSPS) is 24.9. The lowest BCUT2D eigenvalue weighted by Gasteiger charge is -2.61. The highest BCUT2D eigenvalue weighted by Crippen LogP contribution is 2.69. The number of nitrogens with zero attached hydrogens (tertiary/aromatic N) is 2. The van der Waals surface area contributed by atoms with Gasteiger partial charge < -0.3 is 9.47 Å². The first-order valence-electron chi connectivity index (χ1n) is 22.6. The van der Waals surface area contributed by atoms with Crippen molar-refractivity contribution < 1.29 is 0 Å². The van der Waals surface area contributed by atoms with Gasteiger partial charge in [0.05, 0.1) is 11.0 Å². The number of hydrogen-bond acceptors (Lipinski definition) is 1. The van der Waals surface area contributed by atoms with Gasteiger partial charge in [0.15, 0.2) is 0 Å². The Bertz CT molecular complexity index is 3000. The van der Waals surface area contributed by atoms with Crippen LogP contribution in [0.2, 0.25) is 0 Å². The quantitative estimate of drug-likeness (QED) is 0.173. The molecule has 0 atom stereocenters. The molecule has 7 aliphatic carbocycles. The number of rotatable bonds is 4. The fourth-order valence-corrected chi connectivity index (χ4v) is 14.8. The molecule has 2 nitrogen and oxygen atoms in total. The highest BCUT2D eigenvalue weighted by Gasteiger charge is 2.61. The highest BCUT2D eigenvalue weighted by molar-refractivity contribution is 6.10. The van der Waals surface area contributed by atoms with Crippen molar-refractivity contribution in [1.29, 1.82) is 0 Å². The van der Waals surface area contributed by atoms with Crippen LogP contribution in [0.5, 0.6) is 0 Å². The maximum atomic E-state index is 2.59. The first-order valence-corrected chi connectivity index (χ1v) is 22.6. The summed E-state index contributed by atoms with van der Waals surface area (Å²) in [5, 5.41) is 2.57. The molecule has 2 spiro atoms. The second kappa shape index (κ2) is 11.9. The summed E-state index contributed by atoms with van der Waals surface area (Å²) in [6.45, 7) is 0. The standard InChI is InChI=1S/C57H48N2/c1-2-12-40(13-3-1)59-54-19-9-6-16-46(54)47-23-20-43(35-55(47)59)58(41-21-24-51-48(33-41)44-14-4-7-17-50(44)56(51)26-10-11-27-56)42-22-25-53-49(34-42)45-15-5-8-18-52(45)57(53)38-29-36-28-37(31-38)32-39(57)30-36/h1-9,12-25,33-39H,10-11,26-32H2. The minimum atomic E-state index is 0.148. The fraction of sp³-hybridized carbons (Fsp3) is 0.263. The molecular formula is C57H48N2. The number of anilines is 3. The molecule has 286 valence electrons. The van der Waals surface area contributed by atoms with Crippen molar-refractivity contribution >= 4 is 38.9 Å². The van der Waals surface area contributed by atoms with Gasteiger partial charge in [0, 0.05) is 44.4 Å². The van der Waals surface area contributed by atoms with Gasteiger partial charge in [0.1, 0.15) is 0 Å². The van der Waals surface area contributed by atoms with Crippen molar-refractivity contribution in [3.05, 3.63) is 180 Å². The maximum Gasteiger partial charge on any atom is 0.0561 e. The first-order chi connectivity index (χ1) is 29.2. The summed E-state index contributed by atoms with van der Waals surface area (Å²) in [6.07, 6.45) is 12.2. The zero-order valence-corrected chi connectivity index (χ0v) is 33.6. The van der Waals surface area contributed by atoms with E-state index in [2.05, 4.69) is 167 Å². The van der Waals surface area contributed by atoms with Crippen LogP contribution in [0.15, 0.2) is 158 Å². The third-order valence-corrected chi connectivity index (χ3v) is 16.7. The molecule has 0 amide bonds. The van der Waals surface area contributed by atoms with E-state index in [1.54, 1.807) is 16.7 Å². The summed E-state index contributed by atoms with van der Waals surface area (Å²) >= 11 is 0. The predicted octanol–water partition coefficient (Wildman–Crippen LogP) is 14.8. The predicted molar refractivity (Wildman–Crippen MR) is 243 cm³/mol. The molecule has 1 aromatic heterocycles. The molecule has 2 heteroatoms. The minimum absolute atomic E-state index is 0.148. The summed E-state index contributed by atoms with van der Waals surface area (Å²) in [4.78, 5) is 2.58. The summed E-state index contributed by atoms with van der Waals surface area (Å²) in [6, 6.07) is 61.1. The van der Waals surface area contributed by atoms with E-state index in [4.69, 9.17) is 0 Å². The number of hydrogen-bond donors (Lipinski definition) is 0. The molecule has 7 aromatic carbocycles. The van der Waals surface area contributed by atoms with Crippen molar-refractivity contribution in [2.45, 2.75) is 68.6 Å². The Morgan fingerprint density at radius 1 is 0.424 bits per heavy atom. The van der Waals surface area contributed by atoms with Gasteiger partial charge in [0.2, 0.25) is 0 Å². The van der Waals surface area contributed by atoms with Crippen LogP contribution in [0.25, 0.3) is 49.7 Å². The van der Waals surface area contributed by atoms with Crippen molar-refractivity contribution in [3.63, 3.8) is 0 Å². The van der Waals surface area contributed by atoms with Gasteiger partial charge >= 0.3 is 0 Å². The number of benzene rings is 7. The molecule has 0 unspecified atom stereocenters. The number of para-hydroxylation sites is 2. The van der Waals surface area contributed by atoms with Crippen molar-refractivity contribution in [1.82, 2.24) is 4.57 Å². The lowest BCUT2D eigenvalue weighted by Crippen LogP contribution is -2.55. The molecule has 0 saturated heterocycles. The Hall–Kier alpha value is -5.86. The molecule has 15 rings (SSSR count). The van der Waals surface area contributed by atoms with Gasteiger partial charge in [0.25, 0.3) is 0 Å². The van der Waals surface area contributed by atoms with Gasteiger partial charge in [-0.15, -0.1) is 0 Å². The number of aromatic nitrogens is 1. The molecule has 8 aromatic rings. The smallest absolute Gasteiger partial charge is 0.0561 e. The van der Waals surface area contributed by atoms with E-state index in [9.17, 15) is 0 Å². The summed E-state index contributed by atoms with van der Waals surface area (Å²) < 4.78 is 2.46. The average molecular weight is 761 g/mol. The molecule has 0 aliphatic heterocycles. The van der Waals surface area contributed by atoms with Gasteiger partial charge in [-0.25, -0.2) is 0 Å². The van der Waals surface area contributed by atoms with Gasteiger partial charge in [-0.2, -0.15) is 0 Å². The fourth-order valence-electron chi connectivity index (χ4n) is 14.8. The van der Waals surface area contributed by atoms with Crippen molar-refractivity contribution in [2.75, 3.05) is 4.90 Å². The molecule has 0 N–H and O–H groups in total. The van der Waals surface area contributed by atoms with Crippen LogP contribution < -0.4 is 4.90 Å². The average Bonchev–Trinajstić information content (AvgIpc) is 4.04. The summed E-state index contributed by atoms with van der Waals surface area (Å²) in [7, 11) is 0. The van der Waals surface area contributed by atoms with E-state index in [1.165, 1.54) is 130 Å². The second-order valence-electron chi connectivity index (χ2n) is 19.2. The second-order valence-corrected chi connectivity index (χ2v) is 19.2. The minimum Gasteiger partial charge on any atom is -0.310 e. The molecule has 5 saturated carbocycles. The monoisotopic (exact) mass is 760 g/mol. The van der Waals surface area contributed by atoms with Crippen LogP contribution in [0, 0.1) is 23.7 Å². The third kappa shape index (κ3) is 4.27. The van der Waals surface area contributed by atoms with Crippen LogP contribution in [-0.4, -0.2) is 4.57 Å². The lowest BCUT2D eigenvalue weighted by molar-refractivity contribution is -0.0399. The molecule has 5 fully saturated rings. The molecule has 7 aliphatic rings. The Morgan fingerprint density at radius 3 is 1.69 bits per heavy atom. The zero-order chi connectivity index (χ0) is 38.5. The van der Waals surface area contributed by atoms with Crippen molar-refractivity contribution in [3.8, 4) is 27.9 Å². The molecule has 59 heavy (non-hydrogen) atoms. The van der Waals surface area contributed by atoms with Crippen molar-refractivity contribution in [2.24, 2.45) is 23.7 Å². The van der Waals surface area contributed by atoms with Crippen LogP contribution in [0.3, 0.4) is 0 Å². The SMILES string of the molecule is c1ccc(-n2c3ccccc3c3ccc(N(c4ccc5c(c4)-c4ccccc4C54CCCC4)c4ccc5c(c4)-c4ccccc4C54C5CC6CC(C5)CC4C6)cc32)cc1. The van der Waals surface area contributed by atoms with Gasteiger partial charge in [-0.05, 0) is 168 Å². The number of fused-ring (bicyclic) bond motifs is 11. The lowest BCUT2D eigenvalue weighted by atomic mass is 9.43.